The van der Waals surface area contributed by atoms with E-state index in [1.165, 1.54) is 7.11 Å². The molecule has 2 aromatic rings. The number of aliphatic hydroxyl groups is 1. The van der Waals surface area contributed by atoms with Crippen LogP contribution in [0.1, 0.15) is 111 Å². The second kappa shape index (κ2) is 16.1. The summed E-state index contributed by atoms with van der Waals surface area (Å²) in [6, 6.07) is 8.20. The molecule has 8 heteroatoms. The minimum atomic E-state index is -2.21. The lowest BCUT2D eigenvalue weighted by Gasteiger charge is -2.44. The molecular weight excluding hydrogens is 583 g/mol. The summed E-state index contributed by atoms with van der Waals surface area (Å²) in [5, 5.41) is 13.1. The van der Waals surface area contributed by atoms with Crippen LogP contribution in [0.3, 0.4) is 0 Å². The Bertz CT molecular complexity index is 1230. The van der Waals surface area contributed by atoms with Crippen LogP contribution in [0.4, 0.5) is 0 Å². The van der Waals surface area contributed by atoms with E-state index in [-0.39, 0.29) is 28.3 Å². The SMILES string of the molecule is CCCCC[C@@H](O)c1ncc(/C=C/[C@@H](O[Si](C)(C)C(C)(C)C)C(CCCC(=O)OC)O[Si](C)(C)C(C)(C)C)c2ccccc12. The van der Waals surface area contributed by atoms with Gasteiger partial charge in [-0.15, -0.1) is 0 Å². The number of hydrogen-bond acceptors (Lipinski definition) is 6. The maximum absolute atomic E-state index is 12.0. The van der Waals surface area contributed by atoms with Crippen molar-refractivity contribution in [3.63, 3.8) is 0 Å². The number of pyridine rings is 1. The van der Waals surface area contributed by atoms with Crippen LogP contribution in [0.15, 0.2) is 36.5 Å². The molecule has 1 N–H and O–H groups in total. The van der Waals surface area contributed by atoms with E-state index >= 15 is 0 Å². The highest BCUT2D eigenvalue weighted by molar-refractivity contribution is 6.74. The third-order valence-electron chi connectivity index (χ3n) is 9.67. The number of rotatable bonds is 16. The van der Waals surface area contributed by atoms with Gasteiger partial charge in [0.15, 0.2) is 16.6 Å². The van der Waals surface area contributed by atoms with Gasteiger partial charge >= 0.3 is 5.97 Å². The van der Waals surface area contributed by atoms with Crippen LogP contribution in [0, 0.1) is 0 Å². The lowest BCUT2D eigenvalue weighted by molar-refractivity contribution is -0.140. The van der Waals surface area contributed by atoms with Gasteiger partial charge < -0.3 is 18.7 Å². The zero-order valence-electron chi connectivity index (χ0n) is 29.8. The Hall–Kier alpha value is -1.85. The maximum Gasteiger partial charge on any atom is 0.305 e. The van der Waals surface area contributed by atoms with Gasteiger partial charge in [0.25, 0.3) is 0 Å². The maximum atomic E-state index is 12.0. The average molecular weight is 644 g/mol. The number of carbonyl (C=O) groups is 1. The third kappa shape index (κ3) is 10.6. The molecule has 0 aliphatic heterocycles. The van der Waals surface area contributed by atoms with Crippen molar-refractivity contribution in [2.75, 3.05) is 7.11 Å². The highest BCUT2D eigenvalue weighted by Crippen LogP contribution is 2.41. The predicted molar refractivity (Wildman–Crippen MR) is 190 cm³/mol. The molecule has 0 amide bonds. The molecule has 0 aliphatic carbocycles. The fourth-order valence-corrected chi connectivity index (χ4v) is 7.34. The van der Waals surface area contributed by atoms with Crippen molar-refractivity contribution in [3.8, 4) is 0 Å². The number of ether oxygens (including phenoxy) is 1. The summed E-state index contributed by atoms with van der Waals surface area (Å²) in [4.78, 5) is 16.8. The minimum Gasteiger partial charge on any atom is -0.469 e. The number of unbranched alkanes of at least 4 members (excludes halogenated alkanes) is 2. The molecule has 1 unspecified atom stereocenters. The Labute approximate surface area is 270 Å². The van der Waals surface area contributed by atoms with Gasteiger partial charge in [0.1, 0.15) is 0 Å². The molecular formula is C36H61NO5Si2. The van der Waals surface area contributed by atoms with Crippen LogP contribution in [-0.4, -0.2) is 52.0 Å². The number of hydrogen-bond donors (Lipinski definition) is 1. The van der Waals surface area contributed by atoms with Crippen LogP contribution in [-0.2, 0) is 18.4 Å². The summed E-state index contributed by atoms with van der Waals surface area (Å²) >= 11 is 0. The van der Waals surface area contributed by atoms with E-state index in [1.54, 1.807) is 0 Å². The third-order valence-corrected chi connectivity index (χ3v) is 18.6. The number of carbonyl (C=O) groups excluding carboxylic acids is 1. The first kappa shape index (κ1) is 38.3. The minimum absolute atomic E-state index is 0.0104. The number of nitrogens with zero attached hydrogens (tertiary/aromatic N) is 1. The van der Waals surface area contributed by atoms with Gasteiger partial charge in [-0.25, -0.2) is 0 Å². The van der Waals surface area contributed by atoms with Crippen molar-refractivity contribution < 1.29 is 23.5 Å². The van der Waals surface area contributed by atoms with Crippen molar-refractivity contribution in [3.05, 3.63) is 47.8 Å². The van der Waals surface area contributed by atoms with Gasteiger partial charge in [0.2, 0.25) is 0 Å². The summed E-state index contributed by atoms with van der Waals surface area (Å²) in [6.45, 7) is 24.8. The van der Waals surface area contributed by atoms with Gasteiger partial charge in [-0.3, -0.25) is 9.78 Å². The van der Waals surface area contributed by atoms with E-state index in [9.17, 15) is 9.90 Å². The van der Waals surface area contributed by atoms with Crippen LogP contribution < -0.4 is 0 Å². The smallest absolute Gasteiger partial charge is 0.305 e. The first-order valence-electron chi connectivity index (χ1n) is 16.5. The monoisotopic (exact) mass is 643 g/mol. The number of fused-ring (bicyclic) bond motifs is 1. The summed E-state index contributed by atoms with van der Waals surface area (Å²) in [5.41, 5.74) is 1.72. The van der Waals surface area contributed by atoms with Crippen molar-refractivity contribution in [1.82, 2.24) is 4.98 Å². The molecule has 0 radical (unpaired) electrons. The zero-order valence-corrected chi connectivity index (χ0v) is 31.8. The van der Waals surface area contributed by atoms with Crippen LogP contribution in [0.5, 0.6) is 0 Å². The Morgan fingerprint density at radius 1 is 0.909 bits per heavy atom. The Morgan fingerprint density at radius 3 is 2.07 bits per heavy atom. The highest BCUT2D eigenvalue weighted by Gasteiger charge is 2.44. The standard InChI is InChI=1S/C36H61NO5Si2/c1-13-14-15-21-30(38)34-29-20-17-16-19-28(29)27(26-37-34)24-25-32(42-44(11,12)36(5,6)7)31(22-18-23-33(39)40-8)41-43(9,10)35(2,3)4/h16-17,19-20,24-26,30-32,38H,13-15,18,21-23H2,1-12H3/b25-24+/t30-,31?,32-/m1/s1. The van der Waals surface area contributed by atoms with Gasteiger partial charge in [0.05, 0.1) is 31.1 Å². The molecule has 1 aromatic carbocycles. The average Bonchev–Trinajstić information content (AvgIpc) is 2.93. The van der Waals surface area contributed by atoms with Crippen molar-refractivity contribution >= 4 is 39.5 Å². The molecule has 44 heavy (non-hydrogen) atoms. The van der Waals surface area contributed by atoms with Gasteiger partial charge in [-0.2, -0.15) is 0 Å². The number of aromatic nitrogens is 1. The van der Waals surface area contributed by atoms with Crippen molar-refractivity contribution in [1.29, 1.82) is 0 Å². The molecule has 1 heterocycles. The molecule has 0 bridgehead atoms. The molecule has 2 rings (SSSR count). The molecule has 0 saturated heterocycles. The Morgan fingerprint density at radius 2 is 1.50 bits per heavy atom. The van der Waals surface area contributed by atoms with E-state index in [2.05, 4.69) is 98.9 Å². The Balaban J connectivity index is 2.59. The summed E-state index contributed by atoms with van der Waals surface area (Å²) < 4.78 is 19.2. The zero-order chi connectivity index (χ0) is 33.3. The lowest BCUT2D eigenvalue weighted by atomic mass is 9.99. The molecule has 248 valence electrons. The number of aliphatic hydroxyl groups excluding tert-OH is 1. The molecule has 6 nitrogen and oxygen atoms in total. The van der Waals surface area contributed by atoms with E-state index < -0.39 is 22.7 Å². The number of methoxy groups -OCH3 is 1. The fraction of sp³-hybridized carbons (Fsp3) is 0.667. The fourth-order valence-electron chi connectivity index (χ4n) is 4.71. The van der Waals surface area contributed by atoms with Crippen molar-refractivity contribution in [2.45, 2.75) is 148 Å². The van der Waals surface area contributed by atoms with Crippen LogP contribution in [0.2, 0.25) is 36.3 Å². The summed E-state index contributed by atoms with van der Waals surface area (Å²) in [5.74, 6) is -0.206. The molecule has 0 fully saturated rings. The molecule has 0 aliphatic rings. The molecule has 3 atom stereocenters. The van der Waals surface area contributed by atoms with E-state index in [4.69, 9.17) is 18.6 Å². The van der Waals surface area contributed by atoms with Crippen molar-refractivity contribution in [2.24, 2.45) is 0 Å². The number of esters is 1. The van der Waals surface area contributed by atoms with Crippen LogP contribution >= 0.6 is 0 Å². The van der Waals surface area contributed by atoms with E-state index in [0.717, 1.165) is 41.3 Å². The largest absolute Gasteiger partial charge is 0.469 e. The quantitative estimate of drug-likeness (QED) is 0.111. The van der Waals surface area contributed by atoms with Gasteiger partial charge in [-0.1, -0.05) is 104 Å². The van der Waals surface area contributed by atoms with Gasteiger partial charge in [0, 0.05) is 23.6 Å². The summed E-state index contributed by atoms with van der Waals surface area (Å²) in [7, 11) is -2.95. The Kier molecular flexibility index (Phi) is 14.0. The highest BCUT2D eigenvalue weighted by atomic mass is 28.4. The second-order valence-electron chi connectivity index (χ2n) is 15.2. The van der Waals surface area contributed by atoms with E-state index in [1.807, 2.05) is 18.3 Å². The lowest BCUT2D eigenvalue weighted by Crippen LogP contribution is -2.51. The molecule has 1 aromatic heterocycles. The number of benzene rings is 1. The van der Waals surface area contributed by atoms with Crippen LogP contribution in [0.25, 0.3) is 16.8 Å². The van der Waals surface area contributed by atoms with Gasteiger partial charge in [-0.05, 0) is 60.9 Å². The first-order valence-corrected chi connectivity index (χ1v) is 22.3. The van der Waals surface area contributed by atoms with E-state index in [0.29, 0.717) is 25.7 Å². The second-order valence-corrected chi connectivity index (χ2v) is 24.8. The predicted octanol–water partition coefficient (Wildman–Crippen LogP) is 9.99. The topological polar surface area (TPSA) is 77.9 Å². The normalized spacial score (nSPS) is 15.5. The summed E-state index contributed by atoms with van der Waals surface area (Å²) in [6.07, 6.45) is 10.6. The molecule has 0 spiro atoms. The first-order chi connectivity index (χ1) is 20.3. The molecule has 0 saturated carbocycles.